The molecule has 3 saturated carbocycles. The van der Waals surface area contributed by atoms with Crippen molar-refractivity contribution in [3.63, 3.8) is 0 Å². The van der Waals surface area contributed by atoms with E-state index in [1.165, 1.54) is 69.8 Å². The van der Waals surface area contributed by atoms with Crippen LogP contribution in [-0.4, -0.2) is 64.7 Å². The molecule has 0 aromatic heterocycles. The zero-order chi connectivity index (χ0) is 43.3. The average Bonchev–Trinajstić information content (AvgIpc) is 3.59. The van der Waals surface area contributed by atoms with Crippen molar-refractivity contribution in [2.24, 2.45) is 46.3 Å². The van der Waals surface area contributed by atoms with Crippen LogP contribution in [0.15, 0.2) is 47.6 Å². The first-order valence-corrected chi connectivity index (χ1v) is 25.0. The van der Waals surface area contributed by atoms with Gasteiger partial charge in [-0.05, 0) is 156 Å². The van der Waals surface area contributed by atoms with Gasteiger partial charge in [-0.2, -0.15) is 0 Å². The van der Waals surface area contributed by atoms with E-state index in [0.717, 1.165) is 94.3 Å². The Labute approximate surface area is 366 Å². The van der Waals surface area contributed by atoms with Crippen LogP contribution in [-0.2, 0) is 19.0 Å². The Bertz CT molecular complexity index is 1430. The molecule has 1 aliphatic heterocycles. The van der Waals surface area contributed by atoms with Gasteiger partial charge in [-0.15, -0.1) is 0 Å². The Morgan fingerprint density at radius 3 is 2.28 bits per heavy atom. The molecule has 13 unspecified atom stereocenters. The number of fused-ring (bicyclic) bond motifs is 5. The molecule has 0 spiro atoms. The Hall–Kier alpha value is -1.77. The van der Waals surface area contributed by atoms with Gasteiger partial charge in [0, 0.05) is 6.42 Å². The summed E-state index contributed by atoms with van der Waals surface area (Å²) in [6.45, 7) is 16.6. The lowest BCUT2D eigenvalue weighted by Gasteiger charge is -2.58. The van der Waals surface area contributed by atoms with E-state index in [2.05, 4.69) is 84.9 Å². The highest BCUT2D eigenvalue weighted by molar-refractivity contribution is 5.69. The van der Waals surface area contributed by atoms with E-state index < -0.39 is 30.7 Å². The van der Waals surface area contributed by atoms with Crippen LogP contribution in [0, 0.1) is 46.3 Å². The molecule has 7 nitrogen and oxygen atoms in total. The number of unbranched alkanes of at least 4 members (excludes halogenated alkanes) is 8. The molecule has 1 saturated heterocycles. The molecule has 7 heteroatoms. The smallest absolute Gasteiger partial charge is 0.305 e. The van der Waals surface area contributed by atoms with Crippen molar-refractivity contribution >= 4 is 5.97 Å². The molecule has 0 bridgehead atoms. The number of carbonyl (C=O) groups is 1. The highest BCUT2D eigenvalue weighted by atomic mass is 16.7. The van der Waals surface area contributed by atoms with Crippen molar-refractivity contribution in [1.82, 2.24) is 0 Å². The molecule has 5 rings (SSSR count). The molecule has 0 amide bonds. The third kappa shape index (κ3) is 12.5. The Balaban J connectivity index is 1.03. The lowest BCUT2D eigenvalue weighted by atomic mass is 9.47. The zero-order valence-corrected chi connectivity index (χ0v) is 39.1. The van der Waals surface area contributed by atoms with E-state index in [9.17, 15) is 20.1 Å². The first-order valence-electron chi connectivity index (χ1n) is 25.0. The van der Waals surface area contributed by atoms with Gasteiger partial charge in [0.25, 0.3) is 0 Å². The van der Waals surface area contributed by atoms with Gasteiger partial charge in [-0.25, -0.2) is 0 Å². The van der Waals surface area contributed by atoms with Gasteiger partial charge < -0.3 is 29.5 Å². The number of carbonyl (C=O) groups excluding carboxylic acids is 1. The average molecular weight is 837 g/mol. The summed E-state index contributed by atoms with van der Waals surface area (Å²) in [6, 6.07) is 0. The Morgan fingerprint density at radius 2 is 1.57 bits per heavy atom. The lowest BCUT2D eigenvalue weighted by molar-refractivity contribution is -0.313. The fraction of sp³-hybridized carbons (Fsp3) is 0.830. The van der Waals surface area contributed by atoms with E-state index in [0.29, 0.717) is 23.7 Å². The number of ether oxygens (including phenoxy) is 3. The quantitative estimate of drug-likeness (QED) is 0.0535. The molecular weight excluding hydrogens is 749 g/mol. The largest absolute Gasteiger partial charge is 0.463 e. The molecule has 0 aromatic carbocycles. The molecule has 4 fully saturated rings. The molecule has 5 aliphatic rings. The molecule has 0 radical (unpaired) electrons. The summed E-state index contributed by atoms with van der Waals surface area (Å²) in [5, 5.41) is 32.5. The molecule has 3 N–H and O–H groups in total. The van der Waals surface area contributed by atoms with E-state index in [4.69, 9.17) is 14.2 Å². The number of aliphatic hydroxyl groups excluding tert-OH is 3. The van der Waals surface area contributed by atoms with Crippen molar-refractivity contribution < 1.29 is 34.3 Å². The lowest BCUT2D eigenvalue weighted by Crippen LogP contribution is -2.60. The van der Waals surface area contributed by atoms with E-state index in [-0.39, 0.29) is 24.1 Å². The van der Waals surface area contributed by atoms with Crippen molar-refractivity contribution in [3.8, 4) is 0 Å². The van der Waals surface area contributed by atoms with Crippen molar-refractivity contribution in [2.45, 2.75) is 227 Å². The van der Waals surface area contributed by atoms with Gasteiger partial charge in [0.15, 0.2) is 6.29 Å². The number of hydrogen-bond acceptors (Lipinski definition) is 7. The summed E-state index contributed by atoms with van der Waals surface area (Å²) in [5.41, 5.74) is 3.69. The number of rotatable bonds is 23. The Kier molecular flexibility index (Phi) is 19.5. The van der Waals surface area contributed by atoms with Crippen LogP contribution >= 0.6 is 0 Å². The van der Waals surface area contributed by atoms with Gasteiger partial charge in [0.2, 0.25) is 0 Å². The van der Waals surface area contributed by atoms with E-state index in [1.54, 1.807) is 5.57 Å². The molecule has 342 valence electrons. The SMILES string of the molecule is CC=C(CCC(C)C1CCC2C3CC=C4CC(OC5OC(COC(=O)CCCCCCCC=CCC=CCCCCC)C(O)C(O)C5O)CCC4(C)C3CCC12C)C(C)C. The molecule has 60 heavy (non-hydrogen) atoms. The van der Waals surface area contributed by atoms with Crippen LogP contribution in [0.25, 0.3) is 0 Å². The zero-order valence-electron chi connectivity index (χ0n) is 39.1. The molecule has 13 atom stereocenters. The summed E-state index contributed by atoms with van der Waals surface area (Å²) in [7, 11) is 0. The summed E-state index contributed by atoms with van der Waals surface area (Å²) in [4.78, 5) is 12.6. The molecule has 4 aliphatic carbocycles. The first-order chi connectivity index (χ1) is 28.8. The van der Waals surface area contributed by atoms with Gasteiger partial charge in [-0.3, -0.25) is 4.79 Å². The highest BCUT2D eigenvalue weighted by Gasteiger charge is 2.59. The number of esters is 1. The summed E-state index contributed by atoms with van der Waals surface area (Å²) < 4.78 is 18.0. The fourth-order valence-electron chi connectivity index (χ4n) is 12.8. The Morgan fingerprint density at radius 1 is 0.850 bits per heavy atom. The topological polar surface area (TPSA) is 105 Å². The highest BCUT2D eigenvalue weighted by Crippen LogP contribution is 2.67. The van der Waals surface area contributed by atoms with Crippen LogP contribution in [0.4, 0.5) is 0 Å². The predicted molar refractivity (Wildman–Crippen MR) is 244 cm³/mol. The van der Waals surface area contributed by atoms with E-state index in [1.807, 2.05) is 0 Å². The molecular formula is C53H88O7. The van der Waals surface area contributed by atoms with Crippen molar-refractivity contribution in [1.29, 1.82) is 0 Å². The van der Waals surface area contributed by atoms with Crippen LogP contribution in [0.2, 0.25) is 0 Å². The summed E-state index contributed by atoms with van der Waals surface area (Å²) in [6.07, 6.45) is 31.9. The van der Waals surface area contributed by atoms with Gasteiger partial charge >= 0.3 is 5.97 Å². The monoisotopic (exact) mass is 837 g/mol. The van der Waals surface area contributed by atoms with Gasteiger partial charge in [0.1, 0.15) is 31.0 Å². The minimum Gasteiger partial charge on any atom is -0.463 e. The van der Waals surface area contributed by atoms with Gasteiger partial charge in [-0.1, -0.05) is 121 Å². The predicted octanol–water partition coefficient (Wildman–Crippen LogP) is 12.1. The second-order valence-corrected chi connectivity index (χ2v) is 20.7. The third-order valence-electron chi connectivity index (χ3n) is 16.6. The standard InChI is InChI=1S/C53H88O7/c1-8-10-11-12-13-14-15-16-17-18-19-20-21-22-23-24-47(54)58-36-46-48(55)49(56)50(57)51(60-46)59-41-31-33-52(6)40(35-41)27-28-42-44-30-29-43(53(44,7)34-32-45(42)52)38(5)25-26-39(9-2)37(3)4/h9,13-14,16-17,27,37-38,41-46,48-51,55-57H,8,10-12,15,18-26,28-36H2,1-7H3. The third-order valence-corrected chi connectivity index (χ3v) is 16.6. The van der Waals surface area contributed by atoms with Crippen molar-refractivity contribution in [2.75, 3.05) is 6.61 Å². The minimum absolute atomic E-state index is 0.150. The first kappa shape index (κ1) is 49.2. The van der Waals surface area contributed by atoms with Crippen LogP contribution in [0.1, 0.15) is 190 Å². The number of aliphatic hydroxyl groups is 3. The minimum atomic E-state index is -1.45. The second kappa shape index (κ2) is 23.8. The fourth-order valence-corrected chi connectivity index (χ4v) is 12.8. The van der Waals surface area contributed by atoms with Crippen LogP contribution < -0.4 is 0 Å². The van der Waals surface area contributed by atoms with Gasteiger partial charge in [0.05, 0.1) is 6.10 Å². The van der Waals surface area contributed by atoms with E-state index >= 15 is 0 Å². The molecule has 0 aromatic rings. The van der Waals surface area contributed by atoms with Crippen molar-refractivity contribution in [3.05, 3.63) is 47.6 Å². The maximum absolute atomic E-state index is 12.6. The van der Waals surface area contributed by atoms with Crippen LogP contribution in [0.3, 0.4) is 0 Å². The second-order valence-electron chi connectivity index (χ2n) is 20.7. The summed E-state index contributed by atoms with van der Waals surface area (Å²) in [5.74, 6) is 4.11. The number of hydrogen-bond donors (Lipinski definition) is 3. The maximum atomic E-state index is 12.6. The summed E-state index contributed by atoms with van der Waals surface area (Å²) >= 11 is 0. The molecule has 1 heterocycles. The number of allylic oxidation sites excluding steroid dienone is 7. The van der Waals surface area contributed by atoms with Crippen LogP contribution in [0.5, 0.6) is 0 Å². The maximum Gasteiger partial charge on any atom is 0.305 e. The normalized spacial score (nSPS) is 36.3.